The largest absolute Gasteiger partial charge is 0.373 e. The molecule has 5 heteroatoms. The van der Waals surface area contributed by atoms with Crippen LogP contribution in [0.3, 0.4) is 0 Å². The number of amides is 1. The van der Waals surface area contributed by atoms with Gasteiger partial charge in [-0.05, 0) is 25.3 Å². The monoisotopic (exact) mass is 332 g/mol. The Hall–Kier alpha value is -1.43. The molecule has 5 nitrogen and oxygen atoms in total. The lowest BCUT2D eigenvalue weighted by Gasteiger charge is -2.39. The molecule has 3 atom stereocenters. The molecule has 1 aromatic carbocycles. The third-order valence-electron chi connectivity index (χ3n) is 5.04. The van der Waals surface area contributed by atoms with E-state index in [1.807, 2.05) is 0 Å². The fraction of sp³-hybridized carbons (Fsp3) is 0.632. The summed E-state index contributed by atoms with van der Waals surface area (Å²) in [5.74, 6) is 0.00544. The van der Waals surface area contributed by atoms with Gasteiger partial charge in [-0.25, -0.2) is 0 Å². The zero-order valence-electron chi connectivity index (χ0n) is 14.9. The number of benzene rings is 1. The Morgan fingerprint density at radius 2 is 2.21 bits per heavy atom. The van der Waals surface area contributed by atoms with Crippen molar-refractivity contribution in [2.45, 2.75) is 44.6 Å². The van der Waals surface area contributed by atoms with Crippen LogP contribution in [-0.4, -0.2) is 67.8 Å². The molecule has 24 heavy (non-hydrogen) atoms. The van der Waals surface area contributed by atoms with Gasteiger partial charge < -0.3 is 14.4 Å². The number of aryl methyl sites for hydroxylation is 1. The maximum absolute atomic E-state index is 11.7. The highest BCUT2D eigenvalue weighted by Gasteiger charge is 2.43. The van der Waals surface area contributed by atoms with E-state index in [1.54, 1.807) is 19.0 Å². The molecule has 132 valence electrons. The van der Waals surface area contributed by atoms with Gasteiger partial charge in [0, 0.05) is 33.2 Å². The maximum atomic E-state index is 11.7. The standard InChI is InChI=1S/C19H28N2O3/c1-14-5-4-6-15(11-14)12-21-9-10-23-19-16(21)7-8-17(19)24-13-18(22)20(2)3/h4-6,11,16-17,19H,7-10,12-13H2,1-3H3/t16-,17+,19+/m0/s1. The lowest BCUT2D eigenvalue weighted by Crippen LogP contribution is -2.51. The number of carbonyl (C=O) groups excluding carboxylic acids is 1. The highest BCUT2D eigenvalue weighted by molar-refractivity contribution is 5.76. The van der Waals surface area contributed by atoms with Crippen molar-refractivity contribution in [1.29, 1.82) is 0 Å². The molecule has 2 fully saturated rings. The van der Waals surface area contributed by atoms with Crippen LogP contribution in [0.25, 0.3) is 0 Å². The number of morpholine rings is 1. The van der Waals surface area contributed by atoms with Gasteiger partial charge in [-0.15, -0.1) is 0 Å². The molecule has 0 radical (unpaired) electrons. The number of hydrogen-bond acceptors (Lipinski definition) is 4. The number of likely N-dealkylation sites (N-methyl/N-ethyl adjacent to an activating group) is 1. The van der Waals surface area contributed by atoms with Gasteiger partial charge in [-0.1, -0.05) is 29.8 Å². The summed E-state index contributed by atoms with van der Waals surface area (Å²) in [6, 6.07) is 9.08. The smallest absolute Gasteiger partial charge is 0.248 e. The van der Waals surface area contributed by atoms with E-state index in [4.69, 9.17) is 9.47 Å². The van der Waals surface area contributed by atoms with Crippen LogP contribution in [0.5, 0.6) is 0 Å². The van der Waals surface area contributed by atoms with Crippen LogP contribution in [-0.2, 0) is 20.8 Å². The van der Waals surface area contributed by atoms with Crippen molar-refractivity contribution in [2.75, 3.05) is 33.9 Å². The van der Waals surface area contributed by atoms with Gasteiger partial charge in [-0.2, -0.15) is 0 Å². The van der Waals surface area contributed by atoms with E-state index < -0.39 is 0 Å². The molecular weight excluding hydrogens is 304 g/mol. The lowest BCUT2D eigenvalue weighted by atomic mass is 10.1. The van der Waals surface area contributed by atoms with Crippen LogP contribution in [0.2, 0.25) is 0 Å². The molecule has 0 bridgehead atoms. The molecule has 1 saturated heterocycles. The van der Waals surface area contributed by atoms with Gasteiger partial charge in [-0.3, -0.25) is 9.69 Å². The molecule has 1 amide bonds. The number of nitrogens with zero attached hydrogens (tertiary/aromatic N) is 2. The van der Waals surface area contributed by atoms with E-state index in [2.05, 4.69) is 36.1 Å². The lowest BCUT2D eigenvalue weighted by molar-refractivity contribution is -0.144. The molecule has 1 aliphatic heterocycles. The van der Waals surface area contributed by atoms with Crippen molar-refractivity contribution in [3.05, 3.63) is 35.4 Å². The molecule has 2 aliphatic rings. The summed E-state index contributed by atoms with van der Waals surface area (Å²) in [4.78, 5) is 15.8. The molecule has 0 unspecified atom stereocenters. The quantitative estimate of drug-likeness (QED) is 0.825. The molecule has 0 aromatic heterocycles. The number of rotatable bonds is 5. The van der Waals surface area contributed by atoms with Gasteiger partial charge in [0.1, 0.15) is 6.61 Å². The molecule has 1 saturated carbocycles. The van der Waals surface area contributed by atoms with E-state index in [0.717, 1.165) is 32.5 Å². The summed E-state index contributed by atoms with van der Waals surface area (Å²) in [6.07, 6.45) is 2.13. The SMILES string of the molecule is Cc1cccc(CN2CCO[C@H]3[C@H](OCC(=O)N(C)C)CC[C@@H]32)c1. The second-order valence-corrected chi connectivity index (χ2v) is 7.08. The van der Waals surface area contributed by atoms with Gasteiger partial charge in [0.15, 0.2) is 0 Å². The zero-order valence-corrected chi connectivity index (χ0v) is 14.9. The highest BCUT2D eigenvalue weighted by Crippen LogP contribution is 2.33. The molecule has 1 heterocycles. The van der Waals surface area contributed by atoms with Crippen LogP contribution >= 0.6 is 0 Å². The normalized spacial score (nSPS) is 27.0. The number of ether oxygens (including phenoxy) is 2. The van der Waals surface area contributed by atoms with E-state index in [0.29, 0.717) is 6.04 Å². The van der Waals surface area contributed by atoms with Crippen LogP contribution in [0.4, 0.5) is 0 Å². The average Bonchev–Trinajstić information content (AvgIpc) is 2.97. The van der Waals surface area contributed by atoms with Crippen LogP contribution in [0, 0.1) is 6.92 Å². The first-order chi connectivity index (χ1) is 11.5. The number of hydrogen-bond donors (Lipinski definition) is 0. The van der Waals surface area contributed by atoms with Gasteiger partial charge in [0.25, 0.3) is 0 Å². The van der Waals surface area contributed by atoms with Crippen molar-refractivity contribution in [3.63, 3.8) is 0 Å². The second kappa shape index (κ2) is 7.64. The molecule has 1 aliphatic carbocycles. The minimum Gasteiger partial charge on any atom is -0.373 e. The van der Waals surface area contributed by atoms with E-state index in [1.165, 1.54) is 11.1 Å². The summed E-state index contributed by atoms with van der Waals surface area (Å²) < 4.78 is 11.9. The van der Waals surface area contributed by atoms with Crippen LogP contribution in [0.15, 0.2) is 24.3 Å². The molecule has 0 N–H and O–H groups in total. The third-order valence-corrected chi connectivity index (χ3v) is 5.04. The Kier molecular flexibility index (Phi) is 5.54. The summed E-state index contributed by atoms with van der Waals surface area (Å²) in [7, 11) is 3.51. The molecule has 1 aromatic rings. The summed E-state index contributed by atoms with van der Waals surface area (Å²) in [5, 5.41) is 0. The Balaban J connectivity index is 1.59. The van der Waals surface area contributed by atoms with E-state index >= 15 is 0 Å². The van der Waals surface area contributed by atoms with Gasteiger partial charge in [0.05, 0.1) is 18.8 Å². The highest BCUT2D eigenvalue weighted by atomic mass is 16.5. The van der Waals surface area contributed by atoms with Crippen molar-refractivity contribution in [2.24, 2.45) is 0 Å². The predicted molar refractivity (Wildman–Crippen MR) is 92.8 cm³/mol. The Labute approximate surface area is 144 Å². The molecule has 3 rings (SSSR count). The van der Waals surface area contributed by atoms with Crippen molar-refractivity contribution in [1.82, 2.24) is 9.80 Å². The fourth-order valence-electron chi connectivity index (χ4n) is 3.72. The number of carbonyl (C=O) groups is 1. The average molecular weight is 332 g/mol. The Morgan fingerprint density at radius 1 is 1.38 bits per heavy atom. The van der Waals surface area contributed by atoms with Gasteiger partial charge in [0.2, 0.25) is 5.91 Å². The van der Waals surface area contributed by atoms with Crippen molar-refractivity contribution in [3.8, 4) is 0 Å². The summed E-state index contributed by atoms with van der Waals surface area (Å²) >= 11 is 0. The first-order valence-electron chi connectivity index (χ1n) is 8.77. The van der Waals surface area contributed by atoms with Crippen molar-refractivity contribution >= 4 is 5.91 Å². The van der Waals surface area contributed by atoms with E-state index in [-0.39, 0.29) is 24.7 Å². The first kappa shape index (κ1) is 17.4. The summed E-state index contributed by atoms with van der Waals surface area (Å²) in [5.41, 5.74) is 2.65. The first-order valence-corrected chi connectivity index (χ1v) is 8.77. The Morgan fingerprint density at radius 3 is 2.96 bits per heavy atom. The zero-order chi connectivity index (χ0) is 17.1. The van der Waals surface area contributed by atoms with Crippen molar-refractivity contribution < 1.29 is 14.3 Å². The fourth-order valence-corrected chi connectivity index (χ4v) is 3.72. The minimum atomic E-state index is 0.00544. The van der Waals surface area contributed by atoms with Crippen LogP contribution in [0.1, 0.15) is 24.0 Å². The van der Waals surface area contributed by atoms with E-state index in [9.17, 15) is 4.79 Å². The molecular formula is C19H28N2O3. The Bertz CT molecular complexity index is 575. The topological polar surface area (TPSA) is 42.0 Å². The van der Waals surface area contributed by atoms with Gasteiger partial charge >= 0.3 is 0 Å². The number of fused-ring (bicyclic) bond motifs is 1. The predicted octanol–water partition coefficient (Wildman–Crippen LogP) is 1.83. The minimum absolute atomic E-state index is 0.00544. The third kappa shape index (κ3) is 3.97. The van der Waals surface area contributed by atoms with Crippen LogP contribution < -0.4 is 0 Å². The molecule has 0 spiro atoms. The summed E-state index contributed by atoms with van der Waals surface area (Å²) in [6.45, 7) is 4.91. The maximum Gasteiger partial charge on any atom is 0.248 e. The second-order valence-electron chi connectivity index (χ2n) is 7.08.